The van der Waals surface area contributed by atoms with Gasteiger partial charge in [-0.25, -0.2) is 0 Å². The SMILES string of the molecule is c1ccc(-c2cc3oc4ccccc4c3c(-c3ccccc3)c2-c2c3ccccc3c(-c3ccccc3-c3ccc4ccccc4c3)c3ccccc23)cc1. The van der Waals surface area contributed by atoms with Gasteiger partial charge in [0, 0.05) is 16.3 Å². The minimum Gasteiger partial charge on any atom is -0.456 e. The van der Waals surface area contributed by atoms with Crippen LogP contribution in [0.4, 0.5) is 0 Å². The molecule has 10 aromatic carbocycles. The van der Waals surface area contributed by atoms with Crippen molar-refractivity contribution in [2.45, 2.75) is 0 Å². The molecule has 0 atom stereocenters. The number of hydrogen-bond acceptors (Lipinski definition) is 1. The lowest BCUT2D eigenvalue weighted by Crippen LogP contribution is -1.97. The Balaban J connectivity index is 1.31. The molecule has 256 valence electrons. The second-order valence-corrected chi connectivity index (χ2v) is 14.3. The first kappa shape index (κ1) is 31.3. The Bertz CT molecular complexity index is 3190. The van der Waals surface area contributed by atoms with Gasteiger partial charge in [0.1, 0.15) is 11.2 Å². The number of furan rings is 1. The molecular weight excluding hydrogens is 665 g/mol. The molecule has 55 heavy (non-hydrogen) atoms. The van der Waals surface area contributed by atoms with Crippen molar-refractivity contribution in [2.75, 3.05) is 0 Å². The molecular formula is C54H34O. The second-order valence-electron chi connectivity index (χ2n) is 14.3. The fraction of sp³-hybridized carbons (Fsp3) is 0. The second kappa shape index (κ2) is 12.7. The first-order valence-electron chi connectivity index (χ1n) is 18.9. The van der Waals surface area contributed by atoms with E-state index in [9.17, 15) is 0 Å². The Morgan fingerprint density at radius 2 is 0.782 bits per heavy atom. The van der Waals surface area contributed by atoms with Crippen molar-refractivity contribution in [3.63, 3.8) is 0 Å². The predicted octanol–water partition coefficient (Wildman–Crippen LogP) is 15.4. The van der Waals surface area contributed by atoms with Gasteiger partial charge in [0.05, 0.1) is 0 Å². The van der Waals surface area contributed by atoms with Gasteiger partial charge in [0.2, 0.25) is 0 Å². The van der Waals surface area contributed by atoms with E-state index in [0.717, 1.165) is 38.6 Å². The van der Waals surface area contributed by atoms with Crippen LogP contribution in [0.25, 0.3) is 110 Å². The van der Waals surface area contributed by atoms with Crippen molar-refractivity contribution < 1.29 is 4.42 Å². The highest BCUT2D eigenvalue weighted by atomic mass is 16.3. The van der Waals surface area contributed by atoms with Crippen LogP contribution in [0.1, 0.15) is 0 Å². The lowest BCUT2D eigenvalue weighted by Gasteiger charge is -2.23. The highest BCUT2D eigenvalue weighted by Gasteiger charge is 2.26. The summed E-state index contributed by atoms with van der Waals surface area (Å²) < 4.78 is 6.70. The van der Waals surface area contributed by atoms with Gasteiger partial charge >= 0.3 is 0 Å². The highest BCUT2D eigenvalue weighted by molar-refractivity contribution is 6.28. The first-order chi connectivity index (χ1) is 27.3. The molecule has 0 unspecified atom stereocenters. The summed E-state index contributed by atoms with van der Waals surface area (Å²) in [6.07, 6.45) is 0. The Labute approximate surface area is 319 Å². The summed E-state index contributed by atoms with van der Waals surface area (Å²) in [5.41, 5.74) is 13.7. The smallest absolute Gasteiger partial charge is 0.136 e. The molecule has 0 aliphatic carbocycles. The van der Waals surface area contributed by atoms with E-state index in [1.807, 2.05) is 0 Å². The molecule has 1 nitrogen and oxygen atoms in total. The van der Waals surface area contributed by atoms with Crippen molar-refractivity contribution in [3.8, 4) is 55.6 Å². The average Bonchev–Trinajstić information content (AvgIpc) is 3.64. The van der Waals surface area contributed by atoms with Crippen molar-refractivity contribution in [2.24, 2.45) is 0 Å². The predicted molar refractivity (Wildman–Crippen MR) is 233 cm³/mol. The molecule has 0 N–H and O–H groups in total. The van der Waals surface area contributed by atoms with E-state index in [1.165, 1.54) is 71.3 Å². The van der Waals surface area contributed by atoms with Crippen molar-refractivity contribution >= 4 is 54.3 Å². The summed E-state index contributed by atoms with van der Waals surface area (Å²) in [7, 11) is 0. The molecule has 11 rings (SSSR count). The summed E-state index contributed by atoms with van der Waals surface area (Å²) in [6.45, 7) is 0. The third kappa shape index (κ3) is 5.01. The van der Waals surface area contributed by atoms with E-state index >= 15 is 0 Å². The van der Waals surface area contributed by atoms with E-state index in [-0.39, 0.29) is 0 Å². The maximum atomic E-state index is 6.70. The molecule has 1 aromatic heterocycles. The molecule has 0 saturated carbocycles. The first-order valence-corrected chi connectivity index (χ1v) is 18.9. The maximum absolute atomic E-state index is 6.70. The van der Waals surface area contributed by atoms with E-state index in [2.05, 4.69) is 206 Å². The van der Waals surface area contributed by atoms with Crippen molar-refractivity contribution in [1.29, 1.82) is 0 Å². The van der Waals surface area contributed by atoms with Gasteiger partial charge in [-0.1, -0.05) is 188 Å². The molecule has 0 aliphatic heterocycles. The number of fused-ring (bicyclic) bond motifs is 6. The van der Waals surface area contributed by atoms with Gasteiger partial charge < -0.3 is 4.42 Å². The van der Waals surface area contributed by atoms with Gasteiger partial charge in [-0.15, -0.1) is 0 Å². The van der Waals surface area contributed by atoms with Crippen LogP contribution in [0.2, 0.25) is 0 Å². The zero-order valence-corrected chi connectivity index (χ0v) is 30.0. The van der Waals surface area contributed by atoms with Crippen LogP contribution in [0.5, 0.6) is 0 Å². The summed E-state index contributed by atoms with van der Waals surface area (Å²) >= 11 is 0. The fourth-order valence-electron chi connectivity index (χ4n) is 8.88. The van der Waals surface area contributed by atoms with Gasteiger partial charge in [-0.05, 0) is 101 Å². The minimum atomic E-state index is 0.886. The normalized spacial score (nSPS) is 11.6. The molecule has 0 amide bonds. The van der Waals surface area contributed by atoms with E-state index in [0.29, 0.717) is 0 Å². The zero-order chi connectivity index (χ0) is 36.3. The third-order valence-corrected chi connectivity index (χ3v) is 11.3. The molecule has 0 spiro atoms. The Morgan fingerprint density at radius 3 is 1.47 bits per heavy atom. The van der Waals surface area contributed by atoms with Gasteiger partial charge in [-0.3, -0.25) is 0 Å². The number of rotatable bonds is 5. The minimum absolute atomic E-state index is 0.886. The summed E-state index contributed by atoms with van der Waals surface area (Å²) in [5, 5.41) is 9.61. The van der Waals surface area contributed by atoms with Crippen LogP contribution in [-0.2, 0) is 0 Å². The molecule has 1 heteroatoms. The largest absolute Gasteiger partial charge is 0.456 e. The van der Waals surface area contributed by atoms with Gasteiger partial charge in [0.25, 0.3) is 0 Å². The van der Waals surface area contributed by atoms with Crippen LogP contribution in [0.3, 0.4) is 0 Å². The van der Waals surface area contributed by atoms with Crippen LogP contribution < -0.4 is 0 Å². The molecule has 11 aromatic rings. The van der Waals surface area contributed by atoms with Crippen LogP contribution in [0.15, 0.2) is 211 Å². The molecule has 0 saturated heterocycles. The molecule has 0 aliphatic rings. The lowest BCUT2D eigenvalue weighted by molar-refractivity contribution is 0.669. The van der Waals surface area contributed by atoms with Gasteiger partial charge in [0.15, 0.2) is 0 Å². The molecule has 0 radical (unpaired) electrons. The Hall–Kier alpha value is -7.22. The third-order valence-electron chi connectivity index (χ3n) is 11.3. The highest BCUT2D eigenvalue weighted by Crippen LogP contribution is 2.53. The number of para-hydroxylation sites is 1. The van der Waals surface area contributed by atoms with Crippen molar-refractivity contribution in [3.05, 3.63) is 206 Å². The van der Waals surface area contributed by atoms with Crippen LogP contribution in [0, 0.1) is 0 Å². The lowest BCUT2D eigenvalue weighted by atomic mass is 9.79. The fourth-order valence-corrected chi connectivity index (χ4v) is 8.88. The molecule has 0 bridgehead atoms. The number of hydrogen-bond donors (Lipinski definition) is 0. The number of benzene rings is 10. The van der Waals surface area contributed by atoms with Crippen molar-refractivity contribution in [1.82, 2.24) is 0 Å². The zero-order valence-electron chi connectivity index (χ0n) is 30.0. The molecule has 1 heterocycles. The Kier molecular flexibility index (Phi) is 7.25. The summed E-state index contributed by atoms with van der Waals surface area (Å²) in [6, 6.07) is 74.8. The standard InChI is InChI=1S/C54H34O/c1-3-18-36(19-4-1)47-34-49-53(46-29-15-16-30-48(46)55-49)50(37-20-5-2-6-21-37)54(47)52-44-27-13-11-25-42(44)51(43-26-12-14-28-45(43)52)41-24-10-9-23-40(41)39-32-31-35-17-7-8-22-38(35)33-39/h1-34H. The average molecular weight is 699 g/mol. The maximum Gasteiger partial charge on any atom is 0.136 e. The van der Waals surface area contributed by atoms with E-state index in [1.54, 1.807) is 0 Å². The molecule has 0 fully saturated rings. The topological polar surface area (TPSA) is 13.1 Å². The monoisotopic (exact) mass is 698 g/mol. The van der Waals surface area contributed by atoms with E-state index < -0.39 is 0 Å². The van der Waals surface area contributed by atoms with Crippen LogP contribution in [-0.4, -0.2) is 0 Å². The van der Waals surface area contributed by atoms with Gasteiger partial charge in [-0.2, -0.15) is 0 Å². The quantitative estimate of drug-likeness (QED) is 0.163. The summed E-state index contributed by atoms with van der Waals surface area (Å²) in [4.78, 5) is 0. The Morgan fingerprint density at radius 1 is 0.255 bits per heavy atom. The summed E-state index contributed by atoms with van der Waals surface area (Å²) in [5.74, 6) is 0. The van der Waals surface area contributed by atoms with Crippen LogP contribution >= 0.6 is 0 Å². The van der Waals surface area contributed by atoms with E-state index in [4.69, 9.17) is 4.42 Å².